The van der Waals surface area contributed by atoms with E-state index >= 15 is 4.39 Å². The summed E-state index contributed by atoms with van der Waals surface area (Å²) in [5, 5.41) is 10.7. The number of amides is 1. The summed E-state index contributed by atoms with van der Waals surface area (Å²) in [6, 6.07) is 18.2. The average molecular weight is 715 g/mol. The van der Waals surface area contributed by atoms with Crippen molar-refractivity contribution in [2.45, 2.75) is 71.1 Å². The lowest BCUT2D eigenvalue weighted by Gasteiger charge is -2.18. The molecule has 264 valence electrons. The SMILES string of the molecule is Cc1ccc(Oc2nc3cc(-c4ccc5c(ccn5C)c4)c(F)cc3n2COCC[Si](C)(C)C)cc1N1N=NC(COCC[Si](C)(C)C)C1=O. The molecule has 5 aromatic rings. The number of hydrogen-bond acceptors (Lipinski definition) is 7. The lowest BCUT2D eigenvalue weighted by molar-refractivity contribution is -0.119. The molecule has 1 aliphatic heterocycles. The molecule has 50 heavy (non-hydrogen) atoms. The van der Waals surface area contributed by atoms with Crippen molar-refractivity contribution in [1.29, 1.82) is 0 Å². The molecule has 0 N–H and O–H groups in total. The Morgan fingerprint density at radius 1 is 0.880 bits per heavy atom. The van der Waals surface area contributed by atoms with Crippen molar-refractivity contribution in [1.82, 2.24) is 14.1 Å². The Balaban J connectivity index is 1.28. The number of halogens is 1. The molecule has 0 fully saturated rings. The molecule has 1 aliphatic rings. The van der Waals surface area contributed by atoms with Gasteiger partial charge in [0, 0.05) is 71.2 Å². The van der Waals surface area contributed by atoms with Gasteiger partial charge in [-0.15, -0.1) is 0 Å². The van der Waals surface area contributed by atoms with Crippen LogP contribution in [0.5, 0.6) is 11.8 Å². The number of benzene rings is 3. The van der Waals surface area contributed by atoms with Crippen LogP contribution in [0.1, 0.15) is 5.56 Å². The Hall–Kier alpha value is -4.18. The van der Waals surface area contributed by atoms with Crippen molar-refractivity contribution >= 4 is 49.7 Å². The number of aryl methyl sites for hydroxylation is 2. The smallest absolute Gasteiger partial charge is 0.304 e. The van der Waals surface area contributed by atoms with Gasteiger partial charge in [-0.3, -0.25) is 9.36 Å². The van der Waals surface area contributed by atoms with Crippen molar-refractivity contribution in [3.63, 3.8) is 0 Å². The van der Waals surface area contributed by atoms with Gasteiger partial charge in [0.05, 0.1) is 23.3 Å². The molecule has 0 saturated heterocycles. The van der Waals surface area contributed by atoms with Gasteiger partial charge in [-0.1, -0.05) is 56.6 Å². The summed E-state index contributed by atoms with van der Waals surface area (Å²) >= 11 is 0. The van der Waals surface area contributed by atoms with Crippen molar-refractivity contribution < 1.29 is 23.4 Å². The summed E-state index contributed by atoms with van der Waals surface area (Å²) in [6.45, 7) is 17.2. The molecule has 0 aliphatic carbocycles. The molecule has 0 radical (unpaired) electrons. The van der Waals surface area contributed by atoms with Crippen molar-refractivity contribution in [2.75, 3.05) is 24.8 Å². The molecule has 3 aromatic carbocycles. The number of ether oxygens (including phenoxy) is 3. The van der Waals surface area contributed by atoms with Crippen molar-refractivity contribution in [3.8, 4) is 22.9 Å². The molecule has 6 rings (SSSR count). The van der Waals surface area contributed by atoms with Gasteiger partial charge in [0.2, 0.25) is 0 Å². The monoisotopic (exact) mass is 714 g/mol. The number of carbonyl (C=O) groups excluding carboxylic acids is 1. The lowest BCUT2D eigenvalue weighted by atomic mass is 10.0. The summed E-state index contributed by atoms with van der Waals surface area (Å²) in [6.07, 6.45) is 1.99. The maximum absolute atomic E-state index is 15.9. The second-order valence-electron chi connectivity index (χ2n) is 15.5. The van der Waals surface area contributed by atoms with Gasteiger partial charge in [-0.25, -0.2) is 4.39 Å². The highest BCUT2D eigenvalue weighted by molar-refractivity contribution is 6.76. The molecular formula is C37H47FN6O4Si2. The minimum atomic E-state index is -1.33. The maximum atomic E-state index is 15.9. The summed E-state index contributed by atoms with van der Waals surface area (Å²) in [5.41, 5.74) is 4.80. The quantitative estimate of drug-likeness (QED) is 0.0845. The minimum Gasteiger partial charge on any atom is -0.425 e. The van der Waals surface area contributed by atoms with Gasteiger partial charge in [-0.05, 0) is 60.5 Å². The van der Waals surface area contributed by atoms with Crippen LogP contribution < -0.4 is 9.75 Å². The lowest BCUT2D eigenvalue weighted by Crippen LogP contribution is -2.32. The van der Waals surface area contributed by atoms with Gasteiger partial charge in [-0.2, -0.15) is 15.1 Å². The topological polar surface area (TPSA) is 95.5 Å². The summed E-state index contributed by atoms with van der Waals surface area (Å²) in [4.78, 5) is 18.1. The Morgan fingerprint density at radius 2 is 1.62 bits per heavy atom. The van der Waals surface area contributed by atoms with Crippen LogP contribution >= 0.6 is 0 Å². The zero-order valence-corrected chi connectivity index (χ0v) is 32.3. The Labute approximate surface area is 294 Å². The second kappa shape index (κ2) is 14.2. The minimum absolute atomic E-state index is 0.141. The van der Waals surface area contributed by atoms with Crippen molar-refractivity contribution in [3.05, 3.63) is 72.2 Å². The van der Waals surface area contributed by atoms with E-state index in [0.717, 1.165) is 34.1 Å². The Bertz CT molecular complexity index is 2060. The molecule has 2 aromatic heterocycles. The van der Waals surface area contributed by atoms with E-state index in [0.29, 0.717) is 41.2 Å². The van der Waals surface area contributed by atoms with Gasteiger partial charge in [0.1, 0.15) is 18.3 Å². The van der Waals surface area contributed by atoms with E-state index in [9.17, 15) is 4.79 Å². The van der Waals surface area contributed by atoms with Crippen LogP contribution in [0.4, 0.5) is 10.1 Å². The molecular weight excluding hydrogens is 668 g/mol. The highest BCUT2D eigenvalue weighted by Gasteiger charge is 2.33. The van der Waals surface area contributed by atoms with E-state index in [2.05, 4.69) is 49.6 Å². The Kier molecular flexibility index (Phi) is 10.1. The van der Waals surface area contributed by atoms with E-state index in [1.54, 1.807) is 16.7 Å². The number of carbonyl (C=O) groups is 1. The fourth-order valence-electron chi connectivity index (χ4n) is 5.71. The van der Waals surface area contributed by atoms with E-state index in [1.165, 1.54) is 11.1 Å². The summed E-state index contributed by atoms with van der Waals surface area (Å²) < 4.78 is 38.0. The molecule has 1 atom stereocenters. The predicted octanol–water partition coefficient (Wildman–Crippen LogP) is 9.18. The fraction of sp³-hybridized carbons (Fsp3) is 0.405. The third-order valence-electron chi connectivity index (χ3n) is 8.88. The van der Waals surface area contributed by atoms with Crippen molar-refractivity contribution in [2.24, 2.45) is 17.4 Å². The molecule has 0 saturated carbocycles. The van der Waals surface area contributed by atoms with Gasteiger partial charge in [0.25, 0.3) is 5.91 Å². The zero-order chi connectivity index (χ0) is 35.8. The summed E-state index contributed by atoms with van der Waals surface area (Å²) in [7, 11) is -0.589. The van der Waals surface area contributed by atoms with Crippen LogP contribution in [-0.2, 0) is 28.0 Å². The van der Waals surface area contributed by atoms with Crippen LogP contribution in [0.2, 0.25) is 51.4 Å². The molecule has 0 spiro atoms. The van der Waals surface area contributed by atoms with E-state index < -0.39 is 22.2 Å². The fourth-order valence-corrected chi connectivity index (χ4v) is 7.22. The number of imidazole rings is 1. The number of aromatic nitrogens is 3. The molecule has 13 heteroatoms. The third-order valence-corrected chi connectivity index (χ3v) is 12.3. The molecule has 1 unspecified atom stereocenters. The zero-order valence-electron chi connectivity index (χ0n) is 30.3. The van der Waals surface area contributed by atoms with E-state index in [1.807, 2.05) is 61.1 Å². The highest BCUT2D eigenvalue weighted by Crippen LogP contribution is 2.35. The van der Waals surface area contributed by atoms with Gasteiger partial charge in [0.15, 0.2) is 6.04 Å². The number of anilines is 1. The number of rotatable bonds is 14. The molecule has 1 amide bonds. The van der Waals surface area contributed by atoms with Crippen LogP contribution in [-0.4, -0.2) is 62.0 Å². The summed E-state index contributed by atoms with van der Waals surface area (Å²) in [5.74, 6) is -0.174. The number of hydrogen-bond donors (Lipinski definition) is 0. The van der Waals surface area contributed by atoms with Crippen LogP contribution in [0.15, 0.2) is 71.1 Å². The third kappa shape index (κ3) is 8.07. The maximum Gasteiger partial charge on any atom is 0.304 e. The number of nitrogens with zero attached hydrogens (tertiary/aromatic N) is 6. The first-order chi connectivity index (χ1) is 23.7. The molecule has 0 bridgehead atoms. The largest absolute Gasteiger partial charge is 0.425 e. The van der Waals surface area contributed by atoms with E-state index in [-0.39, 0.29) is 31.1 Å². The molecule has 3 heterocycles. The Morgan fingerprint density at radius 3 is 2.36 bits per heavy atom. The second-order valence-corrected chi connectivity index (χ2v) is 26.7. The first kappa shape index (κ1) is 35.6. The first-order valence-corrected chi connectivity index (χ1v) is 24.5. The van der Waals surface area contributed by atoms with Gasteiger partial charge < -0.3 is 18.8 Å². The predicted molar refractivity (Wildman–Crippen MR) is 202 cm³/mol. The van der Waals surface area contributed by atoms with Crippen LogP contribution in [0.3, 0.4) is 0 Å². The normalized spacial score (nSPS) is 15.3. The van der Waals surface area contributed by atoms with Gasteiger partial charge >= 0.3 is 6.01 Å². The average Bonchev–Trinajstić information content (AvgIpc) is 3.71. The highest BCUT2D eigenvalue weighted by atomic mass is 28.3. The first-order valence-electron chi connectivity index (χ1n) is 17.1. The number of fused-ring (bicyclic) bond motifs is 2. The van der Waals surface area contributed by atoms with Crippen LogP contribution in [0.25, 0.3) is 33.1 Å². The van der Waals surface area contributed by atoms with E-state index in [4.69, 9.17) is 19.2 Å². The molecule has 10 nitrogen and oxygen atoms in total. The van der Waals surface area contributed by atoms with Crippen LogP contribution in [0, 0.1) is 12.7 Å². The standard InChI is InChI=1S/C37H47FN6O4Si2/c1-25-9-11-28(20-34(25)44-36(45)32(40-41-44)23-46-15-17-49(3,4)5)48-37-39-31-21-29(26-10-12-33-27(19-26)13-14-42(33)2)30(38)22-35(31)43(37)24-47-16-18-50(6,7)8/h9-14,19-22,32H,15-18,23-24H2,1-8H3.